The number of imidazole rings is 1. The molecule has 1 saturated heterocycles. The van der Waals surface area contributed by atoms with Crippen LogP contribution in [-0.4, -0.2) is 53.7 Å². The molecular formula is C29H31F2N5O6. The number of hydrogen-bond acceptors (Lipinski definition) is 7. The molecule has 5 rings (SSSR count). The van der Waals surface area contributed by atoms with Gasteiger partial charge in [0.1, 0.15) is 17.7 Å². The summed E-state index contributed by atoms with van der Waals surface area (Å²) in [4.78, 5) is 47.5. The van der Waals surface area contributed by atoms with Crippen molar-refractivity contribution in [3.8, 4) is 17.0 Å². The molecule has 11 nitrogen and oxygen atoms in total. The zero-order valence-corrected chi connectivity index (χ0v) is 23.3. The van der Waals surface area contributed by atoms with E-state index in [2.05, 4.69) is 20.4 Å². The normalized spacial score (nSPS) is 20.8. The molecule has 3 atom stereocenters. The standard InChI is InChI=1S/C29H31F2N5O6/c1-15-5-4-6-21(36-12-11-22(42-29(36)39)24-18(30)9-10-23(40-2)25(24)31)26-32-14-20(34-26)17-8-7-16(33-28(38)41-3)13-19(17)35-27(15)37/h7-10,13-15,21-22H,4-6,11-12H2,1-3H3,(H,32,34)(H,33,38)(H,35,37)/t15-,21+,22?/m1/s1. The number of ether oxygens (including phenoxy) is 3. The summed E-state index contributed by atoms with van der Waals surface area (Å²) in [7, 11) is 2.53. The van der Waals surface area contributed by atoms with Crippen molar-refractivity contribution in [2.24, 2.45) is 5.92 Å². The van der Waals surface area contributed by atoms with E-state index in [9.17, 15) is 23.2 Å². The molecule has 3 amide bonds. The fraction of sp³-hybridized carbons (Fsp3) is 0.379. The van der Waals surface area contributed by atoms with Crippen molar-refractivity contribution in [3.05, 3.63) is 59.6 Å². The van der Waals surface area contributed by atoms with E-state index in [1.165, 1.54) is 25.2 Å². The number of nitrogens with zero attached hydrogens (tertiary/aromatic N) is 2. The molecule has 2 aliphatic rings. The first kappa shape index (κ1) is 28.8. The highest BCUT2D eigenvalue weighted by Gasteiger charge is 2.38. The Morgan fingerprint density at radius 3 is 2.69 bits per heavy atom. The number of fused-ring (bicyclic) bond motifs is 4. The quantitative estimate of drug-likeness (QED) is 0.347. The zero-order valence-electron chi connectivity index (χ0n) is 23.3. The smallest absolute Gasteiger partial charge is 0.411 e. The number of amides is 3. The fourth-order valence-electron chi connectivity index (χ4n) is 5.29. The lowest BCUT2D eigenvalue weighted by molar-refractivity contribution is -0.119. The van der Waals surface area contributed by atoms with Gasteiger partial charge in [-0.15, -0.1) is 0 Å². The Hall–Kier alpha value is -4.68. The third-order valence-corrected chi connectivity index (χ3v) is 7.58. The van der Waals surface area contributed by atoms with Crippen LogP contribution in [0.4, 0.5) is 29.7 Å². The summed E-state index contributed by atoms with van der Waals surface area (Å²) in [5, 5.41) is 5.52. The molecule has 3 aromatic rings. The Morgan fingerprint density at radius 2 is 1.95 bits per heavy atom. The molecule has 2 aromatic carbocycles. The Labute approximate surface area is 240 Å². The summed E-state index contributed by atoms with van der Waals surface area (Å²) in [5.74, 6) is -1.92. The lowest BCUT2D eigenvalue weighted by Gasteiger charge is -2.36. The predicted molar refractivity (Wildman–Crippen MR) is 148 cm³/mol. The third kappa shape index (κ3) is 5.71. The van der Waals surface area contributed by atoms with Gasteiger partial charge >= 0.3 is 12.2 Å². The number of hydrogen-bond donors (Lipinski definition) is 3. The number of benzene rings is 2. The largest absolute Gasteiger partial charge is 0.494 e. The van der Waals surface area contributed by atoms with Crippen LogP contribution in [0.1, 0.15) is 56.1 Å². The molecule has 222 valence electrons. The number of halogens is 2. The van der Waals surface area contributed by atoms with Crippen molar-refractivity contribution in [1.82, 2.24) is 14.9 Å². The lowest BCUT2D eigenvalue weighted by Crippen LogP contribution is -2.42. The van der Waals surface area contributed by atoms with Gasteiger partial charge in [-0.1, -0.05) is 13.3 Å². The second-order valence-electron chi connectivity index (χ2n) is 10.2. The first-order valence-corrected chi connectivity index (χ1v) is 13.5. The molecule has 1 aromatic heterocycles. The van der Waals surface area contributed by atoms with Gasteiger partial charge in [0.2, 0.25) is 5.91 Å². The van der Waals surface area contributed by atoms with Gasteiger partial charge < -0.3 is 24.5 Å². The molecule has 0 saturated carbocycles. The third-order valence-electron chi connectivity index (χ3n) is 7.58. The van der Waals surface area contributed by atoms with E-state index >= 15 is 0 Å². The molecule has 0 spiro atoms. The minimum Gasteiger partial charge on any atom is -0.494 e. The number of anilines is 2. The van der Waals surface area contributed by atoms with Crippen molar-refractivity contribution in [1.29, 1.82) is 0 Å². The molecule has 3 N–H and O–H groups in total. The van der Waals surface area contributed by atoms with Gasteiger partial charge in [0.25, 0.3) is 0 Å². The molecule has 3 heterocycles. The number of methoxy groups -OCH3 is 2. The van der Waals surface area contributed by atoms with E-state index in [1.54, 1.807) is 24.4 Å². The fourth-order valence-corrected chi connectivity index (χ4v) is 5.29. The van der Waals surface area contributed by atoms with E-state index in [4.69, 9.17) is 14.5 Å². The average molecular weight is 584 g/mol. The SMILES string of the molecule is COC(=O)Nc1ccc2c(c1)NC(=O)[C@H](C)CCC[C@H](N1CCC(c3c(F)ccc(OC)c3F)OC1=O)c1nc-2c[nH]1. The van der Waals surface area contributed by atoms with Crippen molar-refractivity contribution < 1.29 is 37.4 Å². The maximum absolute atomic E-state index is 14.9. The van der Waals surface area contributed by atoms with Crippen molar-refractivity contribution in [2.45, 2.75) is 44.8 Å². The van der Waals surface area contributed by atoms with E-state index in [0.717, 1.165) is 6.07 Å². The second kappa shape index (κ2) is 12.0. The first-order chi connectivity index (χ1) is 20.2. The number of rotatable bonds is 4. The number of cyclic esters (lactones) is 1. The van der Waals surface area contributed by atoms with Crippen LogP contribution in [0.5, 0.6) is 5.75 Å². The molecule has 2 aliphatic heterocycles. The Balaban J connectivity index is 1.44. The summed E-state index contributed by atoms with van der Waals surface area (Å²) >= 11 is 0. The molecule has 0 aliphatic carbocycles. The van der Waals surface area contributed by atoms with Crippen molar-refractivity contribution in [3.63, 3.8) is 0 Å². The van der Waals surface area contributed by atoms with E-state index < -0.39 is 36.0 Å². The number of nitrogens with one attached hydrogen (secondary N) is 3. The average Bonchev–Trinajstić information content (AvgIpc) is 3.45. The Morgan fingerprint density at radius 1 is 1.14 bits per heavy atom. The van der Waals surface area contributed by atoms with Crippen LogP contribution < -0.4 is 15.4 Å². The molecule has 13 heteroatoms. The van der Waals surface area contributed by atoms with Gasteiger partial charge in [0, 0.05) is 36.3 Å². The minimum absolute atomic E-state index is 0.140. The second-order valence-corrected chi connectivity index (χ2v) is 10.2. The highest BCUT2D eigenvalue weighted by Crippen LogP contribution is 2.39. The molecule has 42 heavy (non-hydrogen) atoms. The molecule has 1 unspecified atom stereocenters. The molecule has 0 radical (unpaired) electrons. The highest BCUT2D eigenvalue weighted by atomic mass is 19.1. The summed E-state index contributed by atoms with van der Waals surface area (Å²) in [6, 6.07) is 6.71. The Bertz CT molecular complexity index is 1510. The minimum atomic E-state index is -1.12. The number of H-pyrrole nitrogens is 1. The summed E-state index contributed by atoms with van der Waals surface area (Å²) in [5.41, 5.74) is 1.62. The maximum atomic E-state index is 14.9. The van der Waals surface area contributed by atoms with Crippen molar-refractivity contribution in [2.75, 3.05) is 31.4 Å². The lowest BCUT2D eigenvalue weighted by atomic mass is 9.97. The van der Waals surface area contributed by atoms with Crippen LogP contribution in [0.15, 0.2) is 36.5 Å². The summed E-state index contributed by atoms with van der Waals surface area (Å²) in [6.07, 6.45) is 0.894. The first-order valence-electron chi connectivity index (χ1n) is 13.5. The van der Waals surface area contributed by atoms with Gasteiger partial charge in [-0.2, -0.15) is 0 Å². The van der Waals surface area contributed by atoms with Gasteiger partial charge in [-0.05, 0) is 43.2 Å². The predicted octanol–water partition coefficient (Wildman–Crippen LogP) is 5.93. The van der Waals surface area contributed by atoms with E-state index in [1.807, 2.05) is 6.92 Å². The highest BCUT2D eigenvalue weighted by molar-refractivity contribution is 5.98. The molecular weight excluding hydrogens is 552 g/mol. The zero-order chi connectivity index (χ0) is 30.0. The number of carbonyl (C=O) groups excluding carboxylic acids is 3. The van der Waals surface area contributed by atoms with Crippen molar-refractivity contribution >= 4 is 29.5 Å². The van der Waals surface area contributed by atoms with Gasteiger partial charge in [0.15, 0.2) is 11.6 Å². The topological polar surface area (TPSA) is 135 Å². The molecule has 1 fully saturated rings. The number of aromatic nitrogens is 2. The number of aromatic amines is 1. The van der Waals surface area contributed by atoms with E-state index in [0.29, 0.717) is 47.7 Å². The monoisotopic (exact) mass is 583 g/mol. The van der Waals surface area contributed by atoms with Crippen LogP contribution in [-0.2, 0) is 14.3 Å². The van der Waals surface area contributed by atoms with E-state index in [-0.39, 0.29) is 36.1 Å². The van der Waals surface area contributed by atoms with Crippen LogP contribution in [0.2, 0.25) is 0 Å². The van der Waals surface area contributed by atoms with Crippen LogP contribution in [0, 0.1) is 17.6 Å². The van der Waals surface area contributed by atoms with Crippen LogP contribution in [0.3, 0.4) is 0 Å². The van der Waals surface area contributed by atoms with Gasteiger partial charge in [-0.25, -0.2) is 23.4 Å². The maximum Gasteiger partial charge on any atom is 0.411 e. The summed E-state index contributed by atoms with van der Waals surface area (Å²) in [6.45, 7) is 1.97. The van der Waals surface area contributed by atoms with Gasteiger partial charge in [-0.3, -0.25) is 15.0 Å². The summed E-state index contributed by atoms with van der Waals surface area (Å²) < 4.78 is 44.7. The molecule has 2 bridgehead atoms. The number of carbonyl (C=O) groups is 3. The van der Waals surface area contributed by atoms with Crippen LogP contribution in [0.25, 0.3) is 11.3 Å². The van der Waals surface area contributed by atoms with Crippen LogP contribution >= 0.6 is 0 Å². The van der Waals surface area contributed by atoms with Gasteiger partial charge in [0.05, 0.1) is 37.2 Å². The Kier molecular flexibility index (Phi) is 8.27.